The lowest BCUT2D eigenvalue weighted by molar-refractivity contribution is 0.0949. The third-order valence-electron chi connectivity index (χ3n) is 2.64. The van der Waals surface area contributed by atoms with Crippen LogP contribution < -0.4 is 16.0 Å². The number of nitrogens with one attached hydrogen (secondary N) is 3. The Balaban J connectivity index is 0.00000200. The first-order valence-electron chi connectivity index (χ1n) is 6.31. The number of carbonyl (C=O) groups excluding carboxylic acids is 1. The van der Waals surface area contributed by atoms with Gasteiger partial charge < -0.3 is 16.0 Å². The highest BCUT2D eigenvalue weighted by molar-refractivity contribution is 14.0. The van der Waals surface area contributed by atoms with Crippen LogP contribution in [0.1, 0.15) is 23.3 Å². The first-order valence-corrected chi connectivity index (χ1v) is 6.31. The molecule has 3 N–H and O–H groups in total. The summed E-state index contributed by atoms with van der Waals surface area (Å²) in [5.41, 5.74) is 0.322. The first kappa shape index (κ1) is 16.6. The molecule has 0 bridgehead atoms. The van der Waals surface area contributed by atoms with Crippen molar-refractivity contribution in [2.45, 2.75) is 18.9 Å². The number of carbonyl (C=O) groups is 1. The van der Waals surface area contributed by atoms with Gasteiger partial charge in [0.2, 0.25) is 0 Å². The average molecular weight is 390 g/mol. The van der Waals surface area contributed by atoms with E-state index in [-0.39, 0.29) is 29.9 Å². The van der Waals surface area contributed by atoms with E-state index >= 15 is 0 Å². The maximum Gasteiger partial charge on any atom is 0.271 e. The van der Waals surface area contributed by atoms with Gasteiger partial charge in [-0.05, 0) is 12.8 Å². The highest BCUT2D eigenvalue weighted by Crippen LogP contribution is 2.18. The third kappa shape index (κ3) is 5.68. The van der Waals surface area contributed by atoms with Gasteiger partial charge in [-0.25, -0.2) is 4.98 Å². The second-order valence-corrected chi connectivity index (χ2v) is 4.26. The van der Waals surface area contributed by atoms with Crippen LogP contribution in [0.2, 0.25) is 0 Å². The van der Waals surface area contributed by atoms with Crippen molar-refractivity contribution in [2.24, 2.45) is 4.99 Å². The summed E-state index contributed by atoms with van der Waals surface area (Å²) in [6.07, 6.45) is 6.87. The van der Waals surface area contributed by atoms with E-state index < -0.39 is 0 Å². The summed E-state index contributed by atoms with van der Waals surface area (Å²) in [6.45, 7) is 1.11. The van der Waals surface area contributed by atoms with Crippen molar-refractivity contribution in [2.75, 3.05) is 20.1 Å². The lowest BCUT2D eigenvalue weighted by Gasteiger charge is -2.11. The second kappa shape index (κ2) is 8.67. The summed E-state index contributed by atoms with van der Waals surface area (Å²) >= 11 is 0. The van der Waals surface area contributed by atoms with Crippen molar-refractivity contribution in [3.63, 3.8) is 0 Å². The van der Waals surface area contributed by atoms with E-state index in [1.165, 1.54) is 31.4 Å². The number of amides is 1. The summed E-state index contributed by atoms with van der Waals surface area (Å²) in [7, 11) is 1.73. The molecule has 1 aromatic rings. The fourth-order valence-electron chi connectivity index (χ4n) is 1.48. The molecular formula is C12H19IN6O. The van der Waals surface area contributed by atoms with E-state index in [0.717, 1.165) is 5.96 Å². The minimum absolute atomic E-state index is 0. The molecule has 1 aromatic heterocycles. The topological polar surface area (TPSA) is 91.3 Å². The van der Waals surface area contributed by atoms with Gasteiger partial charge in [0.25, 0.3) is 5.91 Å². The van der Waals surface area contributed by atoms with Gasteiger partial charge in [-0.2, -0.15) is 0 Å². The Morgan fingerprint density at radius 1 is 1.35 bits per heavy atom. The van der Waals surface area contributed by atoms with Crippen LogP contribution in [-0.2, 0) is 0 Å². The smallest absolute Gasteiger partial charge is 0.271 e. The number of rotatable bonds is 5. The molecule has 0 spiro atoms. The quantitative estimate of drug-likeness (QED) is 0.288. The molecule has 0 aliphatic heterocycles. The van der Waals surface area contributed by atoms with Gasteiger partial charge in [0.15, 0.2) is 5.96 Å². The van der Waals surface area contributed by atoms with Crippen LogP contribution in [0.4, 0.5) is 0 Å². The number of halogens is 1. The van der Waals surface area contributed by atoms with Crippen molar-refractivity contribution >= 4 is 35.8 Å². The summed E-state index contributed by atoms with van der Waals surface area (Å²) in [5, 5.41) is 9.16. The van der Waals surface area contributed by atoms with E-state index in [0.29, 0.717) is 24.8 Å². The van der Waals surface area contributed by atoms with Gasteiger partial charge in [-0.15, -0.1) is 24.0 Å². The molecule has 1 heterocycles. The molecule has 1 aliphatic carbocycles. The van der Waals surface area contributed by atoms with Crippen LogP contribution in [-0.4, -0.2) is 48.0 Å². The van der Waals surface area contributed by atoms with E-state index in [1.807, 2.05) is 0 Å². The fraction of sp³-hybridized carbons (Fsp3) is 0.500. The van der Waals surface area contributed by atoms with E-state index in [2.05, 4.69) is 30.9 Å². The van der Waals surface area contributed by atoms with Gasteiger partial charge in [-0.3, -0.25) is 14.8 Å². The van der Waals surface area contributed by atoms with Crippen molar-refractivity contribution < 1.29 is 4.79 Å². The van der Waals surface area contributed by atoms with Gasteiger partial charge in [-0.1, -0.05) is 0 Å². The monoisotopic (exact) mass is 390 g/mol. The highest BCUT2D eigenvalue weighted by Gasteiger charge is 2.21. The molecule has 0 radical (unpaired) electrons. The molecule has 8 heteroatoms. The standard InChI is InChI=1S/C12H18N6O.HI/c1-13-12(18-9-2-3-9)17-7-6-16-11(19)10-8-14-4-5-15-10;/h4-5,8-9H,2-3,6-7H2,1H3,(H,16,19)(H2,13,17,18);1H. The molecule has 1 amide bonds. The number of hydrogen-bond acceptors (Lipinski definition) is 4. The largest absolute Gasteiger partial charge is 0.355 e. The minimum Gasteiger partial charge on any atom is -0.355 e. The number of aliphatic imine (C=N–C) groups is 1. The molecule has 2 rings (SSSR count). The van der Waals surface area contributed by atoms with Crippen molar-refractivity contribution in [3.8, 4) is 0 Å². The molecule has 0 unspecified atom stereocenters. The normalized spacial score (nSPS) is 14.2. The minimum atomic E-state index is -0.222. The van der Waals surface area contributed by atoms with Crippen LogP contribution in [0.3, 0.4) is 0 Å². The number of guanidine groups is 1. The SMILES string of the molecule is CN=C(NCCNC(=O)c1cnccn1)NC1CC1.I. The van der Waals surface area contributed by atoms with Crippen molar-refractivity contribution in [1.29, 1.82) is 0 Å². The predicted molar refractivity (Wildman–Crippen MR) is 87.3 cm³/mol. The number of aromatic nitrogens is 2. The maximum absolute atomic E-state index is 11.7. The summed E-state index contributed by atoms with van der Waals surface area (Å²) in [6, 6.07) is 0.556. The average Bonchev–Trinajstić information content (AvgIpc) is 3.27. The second-order valence-electron chi connectivity index (χ2n) is 4.26. The van der Waals surface area contributed by atoms with Crippen LogP contribution in [0.25, 0.3) is 0 Å². The zero-order chi connectivity index (χ0) is 13.5. The maximum atomic E-state index is 11.7. The molecule has 0 atom stereocenters. The molecule has 1 fully saturated rings. The molecule has 20 heavy (non-hydrogen) atoms. The van der Waals surface area contributed by atoms with E-state index in [1.54, 1.807) is 7.05 Å². The van der Waals surface area contributed by atoms with Gasteiger partial charge in [0.1, 0.15) is 5.69 Å². The third-order valence-corrected chi connectivity index (χ3v) is 2.64. The molecule has 0 aromatic carbocycles. The Bertz CT molecular complexity index is 449. The molecule has 110 valence electrons. The van der Waals surface area contributed by atoms with Crippen LogP contribution in [0, 0.1) is 0 Å². The summed E-state index contributed by atoms with van der Waals surface area (Å²) in [4.78, 5) is 23.5. The lowest BCUT2D eigenvalue weighted by Crippen LogP contribution is -2.42. The van der Waals surface area contributed by atoms with Gasteiger partial charge in [0.05, 0.1) is 6.20 Å². The van der Waals surface area contributed by atoms with E-state index in [9.17, 15) is 4.79 Å². The predicted octanol–water partition coefficient (Wildman–Crippen LogP) is 0.152. The zero-order valence-electron chi connectivity index (χ0n) is 11.3. The molecule has 7 nitrogen and oxygen atoms in total. The zero-order valence-corrected chi connectivity index (χ0v) is 13.6. The molecular weight excluding hydrogens is 371 g/mol. The van der Waals surface area contributed by atoms with Crippen molar-refractivity contribution in [3.05, 3.63) is 24.3 Å². The molecule has 1 aliphatic rings. The molecule has 0 saturated heterocycles. The molecule has 1 saturated carbocycles. The van der Waals surface area contributed by atoms with Crippen LogP contribution in [0.15, 0.2) is 23.6 Å². The van der Waals surface area contributed by atoms with Crippen molar-refractivity contribution in [1.82, 2.24) is 25.9 Å². The van der Waals surface area contributed by atoms with Gasteiger partial charge in [0, 0.05) is 38.6 Å². The lowest BCUT2D eigenvalue weighted by atomic mass is 10.4. The highest BCUT2D eigenvalue weighted by atomic mass is 127. The van der Waals surface area contributed by atoms with Gasteiger partial charge >= 0.3 is 0 Å². The Labute approximate surface area is 135 Å². The first-order chi connectivity index (χ1) is 9.29. The van der Waals surface area contributed by atoms with Crippen LogP contribution >= 0.6 is 24.0 Å². The number of nitrogens with zero attached hydrogens (tertiary/aromatic N) is 3. The Morgan fingerprint density at radius 2 is 2.10 bits per heavy atom. The summed E-state index contributed by atoms with van der Waals surface area (Å²) < 4.78 is 0. The Kier molecular flexibility index (Phi) is 7.20. The Morgan fingerprint density at radius 3 is 2.70 bits per heavy atom. The fourth-order valence-corrected chi connectivity index (χ4v) is 1.48. The van der Waals surface area contributed by atoms with Crippen LogP contribution in [0.5, 0.6) is 0 Å². The summed E-state index contributed by atoms with van der Waals surface area (Å²) in [5.74, 6) is 0.552. The number of hydrogen-bond donors (Lipinski definition) is 3. The Hall–Kier alpha value is -1.45. The van der Waals surface area contributed by atoms with E-state index in [4.69, 9.17) is 0 Å².